The lowest BCUT2D eigenvalue weighted by molar-refractivity contribution is 0.0780. The highest BCUT2D eigenvalue weighted by molar-refractivity contribution is 4.70. The molecular formula is C9H19O. The SMILES string of the molecule is C[CH]C(CCCC)OCC. The molecule has 1 atom stereocenters. The molecule has 0 fully saturated rings. The van der Waals surface area contributed by atoms with Crippen molar-refractivity contribution in [1.29, 1.82) is 0 Å². The van der Waals surface area contributed by atoms with Gasteiger partial charge in [0.2, 0.25) is 0 Å². The highest BCUT2D eigenvalue weighted by Crippen LogP contribution is 2.06. The van der Waals surface area contributed by atoms with Crippen LogP contribution in [0.1, 0.15) is 40.0 Å². The molecule has 0 saturated carbocycles. The van der Waals surface area contributed by atoms with Crippen molar-refractivity contribution in [3.8, 4) is 0 Å². The molecule has 0 spiro atoms. The largest absolute Gasteiger partial charge is 0.378 e. The predicted molar refractivity (Wildman–Crippen MR) is 44.9 cm³/mol. The zero-order chi connectivity index (χ0) is 7.82. The van der Waals surface area contributed by atoms with Crippen LogP contribution in [-0.2, 0) is 4.74 Å². The Kier molecular flexibility index (Phi) is 7.04. The Bertz CT molecular complexity index is 61.7. The molecule has 0 N–H and O–H groups in total. The van der Waals surface area contributed by atoms with E-state index in [1.807, 2.05) is 6.92 Å². The van der Waals surface area contributed by atoms with E-state index >= 15 is 0 Å². The summed E-state index contributed by atoms with van der Waals surface area (Å²) in [6.45, 7) is 7.15. The summed E-state index contributed by atoms with van der Waals surface area (Å²) < 4.78 is 5.44. The average molecular weight is 143 g/mol. The molecule has 0 aromatic carbocycles. The number of hydrogen-bond donors (Lipinski definition) is 0. The molecule has 0 aliphatic heterocycles. The molecule has 0 aromatic rings. The van der Waals surface area contributed by atoms with E-state index in [-0.39, 0.29) is 0 Å². The molecule has 0 rings (SSSR count). The van der Waals surface area contributed by atoms with Crippen molar-refractivity contribution in [1.82, 2.24) is 0 Å². The van der Waals surface area contributed by atoms with E-state index in [1.54, 1.807) is 0 Å². The highest BCUT2D eigenvalue weighted by atomic mass is 16.5. The zero-order valence-electron chi connectivity index (χ0n) is 7.39. The number of rotatable bonds is 6. The minimum absolute atomic E-state index is 0.393. The summed E-state index contributed by atoms with van der Waals surface area (Å²) in [4.78, 5) is 0. The second-order valence-corrected chi connectivity index (χ2v) is 2.47. The van der Waals surface area contributed by atoms with Gasteiger partial charge in [0, 0.05) is 6.61 Å². The summed E-state index contributed by atoms with van der Waals surface area (Å²) in [5.41, 5.74) is 0. The topological polar surface area (TPSA) is 9.23 Å². The maximum atomic E-state index is 5.44. The minimum Gasteiger partial charge on any atom is -0.378 e. The van der Waals surface area contributed by atoms with Crippen LogP contribution in [0.15, 0.2) is 0 Å². The van der Waals surface area contributed by atoms with Gasteiger partial charge in [-0.15, -0.1) is 0 Å². The first-order chi connectivity index (χ1) is 4.85. The first kappa shape index (κ1) is 9.96. The standard InChI is InChI=1S/C9H19O/c1-4-7-8-9(5-2)10-6-3/h5,9H,4,6-8H2,1-3H3. The normalized spacial score (nSPS) is 13.5. The van der Waals surface area contributed by atoms with Gasteiger partial charge in [-0.25, -0.2) is 0 Å². The Morgan fingerprint density at radius 3 is 2.50 bits per heavy atom. The second kappa shape index (κ2) is 7.07. The van der Waals surface area contributed by atoms with Crippen molar-refractivity contribution in [2.24, 2.45) is 0 Å². The fourth-order valence-electron chi connectivity index (χ4n) is 0.966. The van der Waals surface area contributed by atoms with Crippen molar-refractivity contribution in [2.45, 2.75) is 46.1 Å². The van der Waals surface area contributed by atoms with Crippen LogP contribution < -0.4 is 0 Å². The molecule has 1 nitrogen and oxygen atoms in total. The van der Waals surface area contributed by atoms with E-state index in [1.165, 1.54) is 19.3 Å². The van der Waals surface area contributed by atoms with Crippen LogP contribution in [0.3, 0.4) is 0 Å². The summed E-state index contributed by atoms with van der Waals surface area (Å²) in [6, 6.07) is 0. The average Bonchev–Trinajstić information content (AvgIpc) is 1.98. The molecule has 0 aliphatic rings. The molecule has 0 amide bonds. The molecule has 1 unspecified atom stereocenters. The molecule has 0 saturated heterocycles. The maximum Gasteiger partial charge on any atom is 0.0604 e. The van der Waals surface area contributed by atoms with E-state index in [0.29, 0.717) is 6.10 Å². The Morgan fingerprint density at radius 2 is 2.10 bits per heavy atom. The molecule has 0 bridgehead atoms. The van der Waals surface area contributed by atoms with Crippen molar-refractivity contribution >= 4 is 0 Å². The van der Waals surface area contributed by atoms with Crippen molar-refractivity contribution in [3.63, 3.8) is 0 Å². The summed E-state index contributed by atoms with van der Waals surface area (Å²) in [5, 5.41) is 0. The summed E-state index contributed by atoms with van der Waals surface area (Å²) >= 11 is 0. The van der Waals surface area contributed by atoms with E-state index in [2.05, 4.69) is 20.3 Å². The van der Waals surface area contributed by atoms with Gasteiger partial charge in [-0.05, 0) is 19.8 Å². The third kappa shape index (κ3) is 4.80. The summed E-state index contributed by atoms with van der Waals surface area (Å²) in [5.74, 6) is 0. The van der Waals surface area contributed by atoms with Gasteiger partial charge >= 0.3 is 0 Å². The molecular weight excluding hydrogens is 124 g/mol. The van der Waals surface area contributed by atoms with E-state index in [0.717, 1.165) is 6.61 Å². The van der Waals surface area contributed by atoms with Gasteiger partial charge < -0.3 is 4.74 Å². The number of ether oxygens (including phenoxy) is 1. The molecule has 10 heavy (non-hydrogen) atoms. The van der Waals surface area contributed by atoms with Gasteiger partial charge in [-0.3, -0.25) is 0 Å². The second-order valence-electron chi connectivity index (χ2n) is 2.47. The van der Waals surface area contributed by atoms with Gasteiger partial charge in [0.05, 0.1) is 6.10 Å². The zero-order valence-corrected chi connectivity index (χ0v) is 7.39. The summed E-state index contributed by atoms with van der Waals surface area (Å²) in [7, 11) is 0. The lowest BCUT2D eigenvalue weighted by Crippen LogP contribution is -2.11. The van der Waals surface area contributed by atoms with Crippen LogP contribution in [0.5, 0.6) is 0 Å². The van der Waals surface area contributed by atoms with Crippen molar-refractivity contribution < 1.29 is 4.74 Å². The van der Waals surface area contributed by atoms with Gasteiger partial charge in [0.1, 0.15) is 0 Å². The summed E-state index contributed by atoms with van der Waals surface area (Å²) in [6.07, 6.45) is 6.25. The quantitative estimate of drug-likeness (QED) is 0.555. The van der Waals surface area contributed by atoms with Crippen LogP contribution in [0.25, 0.3) is 0 Å². The van der Waals surface area contributed by atoms with Gasteiger partial charge in [-0.2, -0.15) is 0 Å². The predicted octanol–water partition coefficient (Wildman–Crippen LogP) is 2.81. The Balaban J connectivity index is 3.21. The van der Waals surface area contributed by atoms with E-state index < -0.39 is 0 Å². The highest BCUT2D eigenvalue weighted by Gasteiger charge is 2.03. The monoisotopic (exact) mass is 143 g/mol. The van der Waals surface area contributed by atoms with Crippen LogP contribution >= 0.6 is 0 Å². The van der Waals surface area contributed by atoms with Crippen molar-refractivity contribution in [3.05, 3.63) is 6.42 Å². The molecule has 0 aliphatic carbocycles. The Labute approximate surface area is 64.8 Å². The first-order valence-electron chi connectivity index (χ1n) is 4.26. The third-order valence-electron chi connectivity index (χ3n) is 1.59. The number of unbranched alkanes of at least 4 members (excludes halogenated alkanes) is 1. The molecule has 1 heteroatoms. The third-order valence-corrected chi connectivity index (χ3v) is 1.59. The van der Waals surface area contributed by atoms with Crippen LogP contribution in [0.4, 0.5) is 0 Å². The molecule has 0 aromatic heterocycles. The lowest BCUT2D eigenvalue weighted by atomic mass is 10.1. The first-order valence-corrected chi connectivity index (χ1v) is 4.26. The molecule has 61 valence electrons. The Morgan fingerprint density at radius 1 is 1.40 bits per heavy atom. The van der Waals surface area contributed by atoms with Gasteiger partial charge in [0.15, 0.2) is 0 Å². The minimum atomic E-state index is 0.393. The van der Waals surface area contributed by atoms with Crippen LogP contribution in [0.2, 0.25) is 0 Å². The molecule has 0 heterocycles. The maximum absolute atomic E-state index is 5.44. The van der Waals surface area contributed by atoms with Crippen molar-refractivity contribution in [2.75, 3.05) is 6.61 Å². The smallest absolute Gasteiger partial charge is 0.0604 e. The van der Waals surface area contributed by atoms with Gasteiger partial charge in [-0.1, -0.05) is 26.7 Å². The molecule has 1 radical (unpaired) electrons. The number of hydrogen-bond acceptors (Lipinski definition) is 1. The van der Waals surface area contributed by atoms with Gasteiger partial charge in [0.25, 0.3) is 0 Å². The van der Waals surface area contributed by atoms with E-state index in [4.69, 9.17) is 4.74 Å². The van der Waals surface area contributed by atoms with Crippen LogP contribution in [-0.4, -0.2) is 12.7 Å². The fraction of sp³-hybridized carbons (Fsp3) is 0.889. The Hall–Kier alpha value is -0.0400. The fourth-order valence-corrected chi connectivity index (χ4v) is 0.966. The van der Waals surface area contributed by atoms with E-state index in [9.17, 15) is 0 Å². The lowest BCUT2D eigenvalue weighted by Gasteiger charge is -2.13. The van der Waals surface area contributed by atoms with Crippen LogP contribution in [0, 0.1) is 6.42 Å².